The summed E-state index contributed by atoms with van der Waals surface area (Å²) >= 11 is 0. The number of fused-ring (bicyclic) bond motifs is 2. The van der Waals surface area contributed by atoms with Crippen LogP contribution >= 0.6 is 0 Å². The summed E-state index contributed by atoms with van der Waals surface area (Å²) in [5.74, 6) is 0.291. The largest absolute Gasteiger partial charge is 0.495 e. The fourth-order valence-electron chi connectivity index (χ4n) is 3.29. The van der Waals surface area contributed by atoms with Crippen LogP contribution in [0.2, 0.25) is 0 Å². The summed E-state index contributed by atoms with van der Waals surface area (Å²) in [5.41, 5.74) is 3.19. The molecule has 4 aromatic heterocycles. The lowest BCUT2D eigenvalue weighted by atomic mass is 10.2. The lowest BCUT2D eigenvalue weighted by molar-refractivity contribution is 0.401. The molecule has 0 saturated heterocycles. The zero-order valence-electron chi connectivity index (χ0n) is 16.5. The topological polar surface area (TPSA) is 78.5 Å². The van der Waals surface area contributed by atoms with Crippen molar-refractivity contribution in [2.45, 2.75) is 30.4 Å². The predicted octanol–water partition coefficient (Wildman–Crippen LogP) is 3.47. The van der Waals surface area contributed by atoms with Gasteiger partial charge in [0, 0.05) is 42.7 Å². The molecule has 0 unspecified atom stereocenters. The van der Waals surface area contributed by atoms with Gasteiger partial charge in [0.25, 0.3) is 0 Å². The van der Waals surface area contributed by atoms with E-state index in [1.807, 2.05) is 29.9 Å². The summed E-state index contributed by atoms with van der Waals surface area (Å²) in [7, 11) is -0.219. The lowest BCUT2D eigenvalue weighted by Gasteiger charge is -2.21. The molecule has 28 heavy (non-hydrogen) atoms. The summed E-state index contributed by atoms with van der Waals surface area (Å²) in [6, 6.07) is 5.53. The second-order valence-corrected chi connectivity index (χ2v) is 10.4. The summed E-state index contributed by atoms with van der Waals surface area (Å²) in [5, 5.41) is 0.975. The Bertz CT molecular complexity index is 1310. The highest BCUT2D eigenvalue weighted by Gasteiger charge is 2.34. The van der Waals surface area contributed by atoms with Gasteiger partial charge in [0.15, 0.2) is 9.84 Å². The zero-order valence-corrected chi connectivity index (χ0v) is 17.3. The second kappa shape index (κ2) is 6.07. The van der Waals surface area contributed by atoms with E-state index in [1.165, 1.54) is 7.11 Å². The van der Waals surface area contributed by atoms with E-state index < -0.39 is 14.6 Å². The minimum Gasteiger partial charge on any atom is -0.495 e. The highest BCUT2D eigenvalue weighted by Crippen LogP contribution is 2.35. The number of aromatic nitrogens is 4. The summed E-state index contributed by atoms with van der Waals surface area (Å²) in [4.78, 5) is 9.03. The number of nitrogens with zero attached hydrogens (tertiary/aromatic N) is 4. The van der Waals surface area contributed by atoms with E-state index >= 15 is 0 Å². The van der Waals surface area contributed by atoms with Crippen LogP contribution in [0.4, 0.5) is 0 Å². The molecular formula is C20H22N4O3S. The Morgan fingerprint density at radius 3 is 2.57 bits per heavy atom. The van der Waals surface area contributed by atoms with Crippen LogP contribution in [-0.2, 0) is 16.9 Å². The molecule has 0 saturated carbocycles. The minimum absolute atomic E-state index is 0.146. The van der Waals surface area contributed by atoms with Crippen molar-refractivity contribution in [2.75, 3.05) is 7.11 Å². The number of sulfone groups is 1. The van der Waals surface area contributed by atoms with Gasteiger partial charge in [-0.25, -0.2) is 18.4 Å². The van der Waals surface area contributed by atoms with Crippen molar-refractivity contribution in [3.63, 3.8) is 0 Å². The van der Waals surface area contributed by atoms with Crippen molar-refractivity contribution < 1.29 is 13.2 Å². The van der Waals surface area contributed by atoms with Gasteiger partial charge >= 0.3 is 0 Å². The Hall–Kier alpha value is -2.87. The molecule has 146 valence electrons. The minimum atomic E-state index is -3.62. The smallest absolute Gasteiger partial charge is 0.188 e. The Labute approximate surface area is 163 Å². The highest BCUT2D eigenvalue weighted by atomic mass is 32.2. The number of imidazole rings is 1. The van der Waals surface area contributed by atoms with Crippen molar-refractivity contribution in [2.24, 2.45) is 7.05 Å². The molecule has 0 spiro atoms. The first-order valence-electron chi connectivity index (χ1n) is 8.85. The normalized spacial score (nSPS) is 12.8. The number of aryl methyl sites for hydroxylation is 1. The molecule has 0 amide bonds. The fraction of sp³-hybridized carbons (Fsp3) is 0.300. The van der Waals surface area contributed by atoms with Gasteiger partial charge in [-0.3, -0.25) is 4.40 Å². The Kier molecular flexibility index (Phi) is 4.01. The van der Waals surface area contributed by atoms with Crippen LogP contribution in [0.1, 0.15) is 20.8 Å². The molecule has 0 bridgehead atoms. The average Bonchev–Trinajstić information content (AvgIpc) is 3.20. The van der Waals surface area contributed by atoms with Gasteiger partial charge in [-0.2, -0.15) is 0 Å². The standard InChI is InChI=1S/C20H22N4O3S/c1-20(2,3)28(25,26)17-12-24-15(10-22-18(24)9-16(17)27-5)14-11-23(4)19-13(14)7-6-8-21-19/h6-12H,1-5H3. The molecule has 0 aliphatic heterocycles. The first kappa shape index (κ1) is 18.5. The number of pyridine rings is 2. The number of rotatable bonds is 3. The molecule has 8 heteroatoms. The monoisotopic (exact) mass is 398 g/mol. The van der Waals surface area contributed by atoms with E-state index in [-0.39, 0.29) is 4.90 Å². The van der Waals surface area contributed by atoms with Crippen molar-refractivity contribution >= 4 is 26.5 Å². The molecule has 0 aliphatic rings. The molecule has 0 radical (unpaired) electrons. The third-order valence-electron chi connectivity index (χ3n) is 4.90. The summed E-state index contributed by atoms with van der Waals surface area (Å²) in [6.07, 6.45) is 7.07. The van der Waals surface area contributed by atoms with Gasteiger partial charge in [-0.05, 0) is 32.9 Å². The lowest BCUT2D eigenvalue weighted by Crippen LogP contribution is -2.28. The van der Waals surface area contributed by atoms with Gasteiger partial charge in [-0.15, -0.1) is 0 Å². The van der Waals surface area contributed by atoms with Gasteiger partial charge in [0.05, 0.1) is 23.7 Å². The Morgan fingerprint density at radius 2 is 1.89 bits per heavy atom. The van der Waals surface area contributed by atoms with E-state index in [0.717, 1.165) is 22.3 Å². The van der Waals surface area contributed by atoms with E-state index in [2.05, 4.69) is 9.97 Å². The molecule has 0 aromatic carbocycles. The van der Waals surface area contributed by atoms with Crippen molar-refractivity contribution in [3.8, 4) is 17.0 Å². The van der Waals surface area contributed by atoms with E-state index in [4.69, 9.17) is 4.74 Å². The van der Waals surface area contributed by atoms with Crippen molar-refractivity contribution in [1.82, 2.24) is 18.9 Å². The van der Waals surface area contributed by atoms with Gasteiger partial charge < -0.3 is 9.30 Å². The number of methoxy groups -OCH3 is 1. The van der Waals surface area contributed by atoms with E-state index in [1.54, 1.807) is 49.8 Å². The van der Waals surface area contributed by atoms with Crippen LogP contribution in [0.5, 0.6) is 5.75 Å². The van der Waals surface area contributed by atoms with Crippen LogP contribution in [0.15, 0.2) is 47.9 Å². The quantitative estimate of drug-likeness (QED) is 0.528. The van der Waals surface area contributed by atoms with Crippen LogP contribution in [0.25, 0.3) is 27.9 Å². The molecule has 4 aromatic rings. The van der Waals surface area contributed by atoms with Gasteiger partial charge in [0.1, 0.15) is 21.9 Å². The Morgan fingerprint density at radius 1 is 1.14 bits per heavy atom. The molecule has 0 fully saturated rings. The van der Waals surface area contributed by atoms with Gasteiger partial charge in [-0.1, -0.05) is 0 Å². The first-order chi connectivity index (χ1) is 13.1. The van der Waals surface area contributed by atoms with E-state index in [9.17, 15) is 8.42 Å². The number of hydrogen-bond acceptors (Lipinski definition) is 5. The number of ether oxygens (including phenoxy) is 1. The van der Waals surface area contributed by atoms with Crippen LogP contribution in [-0.4, -0.2) is 39.2 Å². The molecule has 4 rings (SSSR count). The maximum absolute atomic E-state index is 13.1. The van der Waals surface area contributed by atoms with Crippen LogP contribution in [0.3, 0.4) is 0 Å². The molecule has 7 nitrogen and oxygen atoms in total. The first-order valence-corrected chi connectivity index (χ1v) is 10.3. The average molecular weight is 398 g/mol. The molecular weight excluding hydrogens is 376 g/mol. The Balaban J connectivity index is 2.04. The fourth-order valence-corrected chi connectivity index (χ4v) is 4.61. The van der Waals surface area contributed by atoms with Crippen molar-refractivity contribution in [1.29, 1.82) is 0 Å². The third-order valence-corrected chi connectivity index (χ3v) is 7.40. The molecule has 0 N–H and O–H groups in total. The summed E-state index contributed by atoms with van der Waals surface area (Å²) in [6.45, 7) is 5.03. The zero-order chi connectivity index (χ0) is 20.3. The van der Waals surface area contributed by atoms with E-state index in [0.29, 0.717) is 11.4 Å². The van der Waals surface area contributed by atoms with Crippen LogP contribution < -0.4 is 4.74 Å². The predicted molar refractivity (Wildman–Crippen MR) is 108 cm³/mol. The molecule has 4 heterocycles. The van der Waals surface area contributed by atoms with Gasteiger partial charge in [0.2, 0.25) is 0 Å². The maximum atomic E-state index is 13.1. The van der Waals surface area contributed by atoms with Crippen molar-refractivity contribution in [3.05, 3.63) is 43.0 Å². The maximum Gasteiger partial charge on any atom is 0.188 e. The SMILES string of the molecule is COc1cc2ncc(-c3cn(C)c4ncccc34)n2cc1S(=O)(=O)C(C)(C)C. The third kappa shape index (κ3) is 2.59. The number of hydrogen-bond donors (Lipinski definition) is 0. The molecule has 0 atom stereocenters. The second-order valence-electron chi connectivity index (χ2n) is 7.72. The highest BCUT2D eigenvalue weighted by molar-refractivity contribution is 7.92. The summed E-state index contributed by atoms with van der Waals surface area (Å²) < 4.78 is 34.4. The molecule has 0 aliphatic carbocycles. The van der Waals surface area contributed by atoms with Crippen LogP contribution in [0, 0.1) is 0 Å².